The number of rotatable bonds is 7. The third kappa shape index (κ3) is 5.92. The van der Waals surface area contributed by atoms with Crippen molar-refractivity contribution in [1.29, 1.82) is 0 Å². The van der Waals surface area contributed by atoms with Gasteiger partial charge in [-0.25, -0.2) is 4.39 Å². The number of piperazine rings is 1. The van der Waals surface area contributed by atoms with Crippen molar-refractivity contribution in [3.8, 4) is 0 Å². The minimum absolute atomic E-state index is 0.106. The van der Waals surface area contributed by atoms with E-state index in [0.717, 1.165) is 38.4 Å². The molecule has 0 spiro atoms. The Kier molecular flexibility index (Phi) is 6.95. The summed E-state index contributed by atoms with van der Waals surface area (Å²) in [4.78, 5) is 17.1. The Morgan fingerprint density at radius 2 is 1.52 bits per heavy atom. The van der Waals surface area contributed by atoms with Crippen LogP contribution in [-0.4, -0.2) is 37.0 Å². The molecular weight excluding hydrogens is 389 g/mol. The number of benzene rings is 3. The van der Waals surface area contributed by atoms with E-state index in [1.165, 1.54) is 17.3 Å². The van der Waals surface area contributed by atoms with Crippen LogP contribution in [0.25, 0.3) is 0 Å². The zero-order valence-corrected chi connectivity index (χ0v) is 17.6. The number of hydrogen-bond donors (Lipinski definition) is 1. The van der Waals surface area contributed by atoms with E-state index in [2.05, 4.69) is 57.6 Å². The Morgan fingerprint density at radius 3 is 2.23 bits per heavy atom. The van der Waals surface area contributed by atoms with E-state index >= 15 is 0 Å². The maximum absolute atomic E-state index is 13.7. The molecule has 1 N–H and O–H groups in total. The Hall–Kier alpha value is -3.18. The molecule has 1 heterocycles. The molecule has 1 amide bonds. The summed E-state index contributed by atoms with van der Waals surface area (Å²) in [5.41, 5.74) is 3.86. The summed E-state index contributed by atoms with van der Waals surface area (Å²) in [5.74, 6) is -0.367. The van der Waals surface area contributed by atoms with Crippen molar-refractivity contribution < 1.29 is 9.18 Å². The van der Waals surface area contributed by atoms with Crippen LogP contribution < -0.4 is 10.2 Å². The second-order valence-corrected chi connectivity index (χ2v) is 7.94. The lowest BCUT2D eigenvalue weighted by Gasteiger charge is -2.36. The number of amides is 1. The van der Waals surface area contributed by atoms with Crippen LogP contribution in [0.3, 0.4) is 0 Å². The van der Waals surface area contributed by atoms with E-state index in [1.54, 1.807) is 18.2 Å². The molecule has 0 atom stereocenters. The molecule has 0 radical (unpaired) electrons. The molecular formula is C26H28FN3O. The fourth-order valence-electron chi connectivity index (χ4n) is 3.93. The monoisotopic (exact) mass is 417 g/mol. The van der Waals surface area contributed by atoms with Crippen LogP contribution in [0, 0.1) is 5.82 Å². The Morgan fingerprint density at radius 1 is 0.839 bits per heavy atom. The largest absolute Gasteiger partial charge is 0.369 e. The van der Waals surface area contributed by atoms with Gasteiger partial charge < -0.3 is 10.2 Å². The number of anilines is 2. The number of carbonyl (C=O) groups is 1. The van der Waals surface area contributed by atoms with Crippen molar-refractivity contribution in [3.63, 3.8) is 0 Å². The van der Waals surface area contributed by atoms with Gasteiger partial charge in [0.2, 0.25) is 5.91 Å². The summed E-state index contributed by atoms with van der Waals surface area (Å²) < 4.78 is 13.7. The van der Waals surface area contributed by atoms with Gasteiger partial charge in [-0.3, -0.25) is 9.69 Å². The van der Waals surface area contributed by atoms with Crippen LogP contribution >= 0.6 is 0 Å². The average molecular weight is 418 g/mol. The molecule has 3 aromatic carbocycles. The topological polar surface area (TPSA) is 35.6 Å². The summed E-state index contributed by atoms with van der Waals surface area (Å²) in [5, 5.41) is 2.91. The molecule has 0 saturated carbocycles. The van der Waals surface area contributed by atoms with Crippen molar-refractivity contribution in [3.05, 3.63) is 95.8 Å². The molecule has 31 heavy (non-hydrogen) atoms. The fraction of sp³-hybridized carbons (Fsp3) is 0.269. The molecule has 5 heteroatoms. The SMILES string of the molecule is O=C(CCc1ccccc1F)Nc1ccc(N2CCN(Cc3ccccc3)CC2)cc1. The summed E-state index contributed by atoms with van der Waals surface area (Å²) in [6.45, 7) is 5.03. The second kappa shape index (κ2) is 10.2. The lowest BCUT2D eigenvalue weighted by atomic mass is 10.1. The maximum Gasteiger partial charge on any atom is 0.224 e. The molecule has 0 unspecified atom stereocenters. The minimum atomic E-state index is -0.261. The van der Waals surface area contributed by atoms with Gasteiger partial charge in [0.05, 0.1) is 0 Å². The number of halogens is 1. The molecule has 0 bridgehead atoms. The molecule has 0 aromatic heterocycles. The standard InChI is InChI=1S/C26H28FN3O/c27-25-9-5-4-8-22(25)10-15-26(31)28-23-11-13-24(14-12-23)30-18-16-29(17-19-30)20-21-6-2-1-3-7-21/h1-9,11-14H,10,15-20H2,(H,28,31). The first-order valence-electron chi connectivity index (χ1n) is 10.8. The number of nitrogens with zero attached hydrogens (tertiary/aromatic N) is 2. The molecule has 0 aliphatic carbocycles. The van der Waals surface area contributed by atoms with E-state index < -0.39 is 0 Å². The highest BCUT2D eigenvalue weighted by atomic mass is 19.1. The van der Waals surface area contributed by atoms with E-state index in [0.29, 0.717) is 12.0 Å². The van der Waals surface area contributed by atoms with Gasteiger partial charge in [0.1, 0.15) is 5.82 Å². The Labute approximate surface area is 183 Å². The molecule has 1 aliphatic heterocycles. The minimum Gasteiger partial charge on any atom is -0.369 e. The Bertz CT molecular complexity index is 983. The van der Waals surface area contributed by atoms with Crippen LogP contribution in [0.2, 0.25) is 0 Å². The lowest BCUT2D eigenvalue weighted by molar-refractivity contribution is -0.116. The summed E-state index contributed by atoms with van der Waals surface area (Å²) in [6, 6.07) is 25.2. The van der Waals surface area contributed by atoms with Crippen molar-refractivity contribution in [2.45, 2.75) is 19.4 Å². The number of carbonyl (C=O) groups excluding carboxylic acids is 1. The smallest absolute Gasteiger partial charge is 0.224 e. The van der Waals surface area contributed by atoms with E-state index in [9.17, 15) is 9.18 Å². The van der Waals surface area contributed by atoms with Crippen molar-refractivity contribution in [2.24, 2.45) is 0 Å². The van der Waals surface area contributed by atoms with Gasteiger partial charge >= 0.3 is 0 Å². The van der Waals surface area contributed by atoms with E-state index in [1.807, 2.05) is 12.1 Å². The highest BCUT2D eigenvalue weighted by molar-refractivity contribution is 5.91. The first-order chi connectivity index (χ1) is 15.2. The highest BCUT2D eigenvalue weighted by Crippen LogP contribution is 2.20. The van der Waals surface area contributed by atoms with Gasteiger partial charge in [-0.05, 0) is 47.9 Å². The number of nitrogens with one attached hydrogen (secondary N) is 1. The van der Waals surface area contributed by atoms with Gasteiger partial charge in [0.15, 0.2) is 0 Å². The first kappa shape index (κ1) is 21.1. The predicted octanol–water partition coefficient (Wildman–Crippen LogP) is 4.72. The van der Waals surface area contributed by atoms with Crippen LogP contribution in [0.4, 0.5) is 15.8 Å². The van der Waals surface area contributed by atoms with E-state index in [-0.39, 0.29) is 18.1 Å². The van der Waals surface area contributed by atoms with Crippen LogP contribution in [-0.2, 0) is 17.8 Å². The van der Waals surface area contributed by atoms with Gasteiger partial charge in [-0.15, -0.1) is 0 Å². The first-order valence-corrected chi connectivity index (χ1v) is 10.8. The number of aryl methyl sites for hydroxylation is 1. The fourth-order valence-corrected chi connectivity index (χ4v) is 3.93. The molecule has 4 rings (SSSR count). The van der Waals surface area contributed by atoms with Crippen LogP contribution in [0.1, 0.15) is 17.5 Å². The van der Waals surface area contributed by atoms with Gasteiger partial charge in [0, 0.05) is 50.5 Å². The second-order valence-electron chi connectivity index (χ2n) is 7.94. The molecule has 160 valence electrons. The zero-order chi connectivity index (χ0) is 21.5. The maximum atomic E-state index is 13.7. The molecule has 3 aromatic rings. The Balaban J connectivity index is 1.24. The molecule has 1 fully saturated rings. The predicted molar refractivity (Wildman–Crippen MR) is 124 cm³/mol. The summed E-state index contributed by atoms with van der Waals surface area (Å²) in [6.07, 6.45) is 0.649. The molecule has 1 saturated heterocycles. The zero-order valence-electron chi connectivity index (χ0n) is 17.6. The molecule has 4 nitrogen and oxygen atoms in total. The van der Waals surface area contributed by atoms with Crippen molar-refractivity contribution >= 4 is 17.3 Å². The normalized spacial score (nSPS) is 14.4. The highest BCUT2D eigenvalue weighted by Gasteiger charge is 2.17. The quantitative estimate of drug-likeness (QED) is 0.604. The molecule has 1 aliphatic rings. The third-order valence-electron chi connectivity index (χ3n) is 5.72. The van der Waals surface area contributed by atoms with Crippen LogP contribution in [0.15, 0.2) is 78.9 Å². The van der Waals surface area contributed by atoms with Crippen LogP contribution in [0.5, 0.6) is 0 Å². The lowest BCUT2D eigenvalue weighted by Crippen LogP contribution is -2.45. The average Bonchev–Trinajstić information content (AvgIpc) is 2.80. The number of hydrogen-bond acceptors (Lipinski definition) is 3. The van der Waals surface area contributed by atoms with Crippen molar-refractivity contribution in [1.82, 2.24) is 4.90 Å². The van der Waals surface area contributed by atoms with Gasteiger partial charge in [-0.1, -0.05) is 48.5 Å². The van der Waals surface area contributed by atoms with E-state index in [4.69, 9.17) is 0 Å². The van der Waals surface area contributed by atoms with Gasteiger partial charge in [-0.2, -0.15) is 0 Å². The third-order valence-corrected chi connectivity index (χ3v) is 5.72. The van der Waals surface area contributed by atoms with Crippen molar-refractivity contribution in [2.75, 3.05) is 36.4 Å². The van der Waals surface area contributed by atoms with Gasteiger partial charge in [0.25, 0.3) is 0 Å². The summed E-state index contributed by atoms with van der Waals surface area (Å²) >= 11 is 0. The summed E-state index contributed by atoms with van der Waals surface area (Å²) in [7, 11) is 0.